The fraction of sp³-hybridized carbons (Fsp3) is 0.647. The molecule has 3 rings (SSSR count). The van der Waals surface area contributed by atoms with Gasteiger partial charge in [-0.25, -0.2) is 4.39 Å². The van der Waals surface area contributed by atoms with Gasteiger partial charge in [-0.2, -0.15) is 0 Å². The lowest BCUT2D eigenvalue weighted by Crippen LogP contribution is -2.41. The van der Waals surface area contributed by atoms with Crippen molar-refractivity contribution in [3.63, 3.8) is 0 Å². The maximum absolute atomic E-state index is 13.5. The molecule has 1 N–H and O–H groups in total. The molecule has 2 aliphatic rings. The first-order valence-electron chi connectivity index (χ1n) is 7.86. The Balaban J connectivity index is 1.74. The number of benzene rings is 1. The van der Waals surface area contributed by atoms with E-state index < -0.39 is 0 Å². The highest BCUT2D eigenvalue weighted by molar-refractivity contribution is 5.26. The van der Waals surface area contributed by atoms with Crippen molar-refractivity contribution in [3.8, 4) is 0 Å². The molecule has 3 heteroatoms. The molecule has 110 valence electrons. The smallest absolute Gasteiger partial charge is 0.123 e. The highest BCUT2D eigenvalue weighted by Crippen LogP contribution is 2.34. The minimum absolute atomic E-state index is 0.120. The Bertz CT molecular complexity index is 470. The molecule has 1 aromatic rings. The van der Waals surface area contributed by atoms with Crippen molar-refractivity contribution in [2.75, 3.05) is 13.1 Å². The van der Waals surface area contributed by atoms with E-state index in [1.807, 2.05) is 6.07 Å². The molecule has 1 saturated carbocycles. The SMILES string of the molecule is Cc1ccc(F)cc1CN1CC(C2CC2)NCCC1C. The van der Waals surface area contributed by atoms with Crippen LogP contribution < -0.4 is 5.32 Å². The molecule has 0 radical (unpaired) electrons. The van der Waals surface area contributed by atoms with Gasteiger partial charge in [0, 0.05) is 25.2 Å². The van der Waals surface area contributed by atoms with Gasteiger partial charge in [0.15, 0.2) is 0 Å². The lowest BCUT2D eigenvalue weighted by Gasteiger charge is -2.29. The standard InChI is InChI=1S/C17H25FN2/c1-12-3-6-16(18)9-15(12)10-20-11-17(14-4-5-14)19-8-7-13(20)2/h3,6,9,13-14,17,19H,4-5,7-8,10-11H2,1-2H3. The summed E-state index contributed by atoms with van der Waals surface area (Å²) in [7, 11) is 0. The monoisotopic (exact) mass is 276 g/mol. The van der Waals surface area contributed by atoms with Crippen LogP contribution in [0.1, 0.15) is 37.3 Å². The highest BCUT2D eigenvalue weighted by atomic mass is 19.1. The summed E-state index contributed by atoms with van der Waals surface area (Å²) >= 11 is 0. The van der Waals surface area contributed by atoms with Gasteiger partial charge in [0.1, 0.15) is 5.82 Å². The summed E-state index contributed by atoms with van der Waals surface area (Å²) in [6, 6.07) is 6.35. The number of rotatable bonds is 3. The fourth-order valence-electron chi connectivity index (χ4n) is 3.22. The van der Waals surface area contributed by atoms with Crippen LogP contribution in [0.5, 0.6) is 0 Å². The molecule has 1 aliphatic carbocycles. The molecule has 0 spiro atoms. The van der Waals surface area contributed by atoms with Crippen molar-refractivity contribution in [2.45, 2.75) is 51.7 Å². The van der Waals surface area contributed by atoms with E-state index in [1.165, 1.54) is 24.8 Å². The topological polar surface area (TPSA) is 15.3 Å². The van der Waals surface area contributed by atoms with Crippen molar-refractivity contribution in [1.29, 1.82) is 0 Å². The maximum Gasteiger partial charge on any atom is 0.123 e. The second kappa shape index (κ2) is 5.82. The van der Waals surface area contributed by atoms with E-state index in [9.17, 15) is 4.39 Å². The number of nitrogens with one attached hydrogen (secondary N) is 1. The van der Waals surface area contributed by atoms with Crippen LogP contribution in [0.15, 0.2) is 18.2 Å². The molecule has 2 fully saturated rings. The second-order valence-electron chi connectivity index (χ2n) is 6.54. The fourth-order valence-corrected chi connectivity index (χ4v) is 3.22. The minimum Gasteiger partial charge on any atom is -0.312 e. The molecular formula is C17H25FN2. The van der Waals surface area contributed by atoms with Crippen LogP contribution in [0.4, 0.5) is 4.39 Å². The Labute approximate surface area is 121 Å². The van der Waals surface area contributed by atoms with Crippen LogP contribution in [0.25, 0.3) is 0 Å². The third-order valence-electron chi connectivity index (χ3n) is 4.90. The van der Waals surface area contributed by atoms with E-state index >= 15 is 0 Å². The van der Waals surface area contributed by atoms with Crippen molar-refractivity contribution >= 4 is 0 Å². The number of hydrogen-bond acceptors (Lipinski definition) is 2. The molecule has 0 bridgehead atoms. The maximum atomic E-state index is 13.5. The molecule has 20 heavy (non-hydrogen) atoms. The molecule has 0 amide bonds. The van der Waals surface area contributed by atoms with Gasteiger partial charge in [0.05, 0.1) is 0 Å². The lowest BCUT2D eigenvalue weighted by molar-refractivity contribution is 0.190. The van der Waals surface area contributed by atoms with Gasteiger partial charge in [-0.3, -0.25) is 4.90 Å². The largest absolute Gasteiger partial charge is 0.312 e. The number of aryl methyl sites for hydroxylation is 1. The first kappa shape index (κ1) is 14.0. The molecule has 1 aromatic carbocycles. The first-order valence-corrected chi connectivity index (χ1v) is 7.86. The Morgan fingerprint density at radius 3 is 2.85 bits per heavy atom. The molecule has 2 nitrogen and oxygen atoms in total. The van der Waals surface area contributed by atoms with Crippen LogP contribution in [0, 0.1) is 18.7 Å². The average Bonchev–Trinajstić information content (AvgIpc) is 3.24. The predicted molar refractivity (Wildman–Crippen MR) is 80.1 cm³/mol. The summed E-state index contributed by atoms with van der Waals surface area (Å²) in [6.45, 7) is 7.46. The summed E-state index contributed by atoms with van der Waals surface area (Å²) in [5.41, 5.74) is 2.33. The van der Waals surface area contributed by atoms with E-state index in [-0.39, 0.29) is 5.82 Å². The van der Waals surface area contributed by atoms with Crippen LogP contribution in [-0.4, -0.2) is 30.1 Å². The van der Waals surface area contributed by atoms with Gasteiger partial charge in [-0.1, -0.05) is 6.07 Å². The quantitative estimate of drug-likeness (QED) is 0.912. The Kier molecular flexibility index (Phi) is 4.08. The van der Waals surface area contributed by atoms with E-state index in [1.54, 1.807) is 12.1 Å². The lowest BCUT2D eigenvalue weighted by atomic mass is 10.1. The summed E-state index contributed by atoms with van der Waals surface area (Å²) in [4.78, 5) is 2.53. The van der Waals surface area contributed by atoms with Crippen molar-refractivity contribution < 1.29 is 4.39 Å². The number of hydrogen-bond donors (Lipinski definition) is 1. The van der Waals surface area contributed by atoms with Crippen molar-refractivity contribution in [1.82, 2.24) is 10.2 Å². The zero-order valence-corrected chi connectivity index (χ0v) is 12.5. The second-order valence-corrected chi connectivity index (χ2v) is 6.54. The summed E-state index contributed by atoms with van der Waals surface area (Å²) in [5.74, 6) is 0.751. The molecule has 2 unspecified atom stereocenters. The summed E-state index contributed by atoms with van der Waals surface area (Å²) in [6.07, 6.45) is 3.93. The zero-order valence-electron chi connectivity index (χ0n) is 12.5. The van der Waals surface area contributed by atoms with Gasteiger partial charge >= 0.3 is 0 Å². The van der Waals surface area contributed by atoms with Crippen LogP contribution in [0.2, 0.25) is 0 Å². The number of halogens is 1. The van der Waals surface area contributed by atoms with Crippen molar-refractivity contribution in [2.24, 2.45) is 5.92 Å². The Hall–Kier alpha value is -0.930. The molecule has 1 heterocycles. The first-order chi connectivity index (χ1) is 9.63. The van der Waals surface area contributed by atoms with Gasteiger partial charge in [0.25, 0.3) is 0 Å². The van der Waals surface area contributed by atoms with Gasteiger partial charge < -0.3 is 5.32 Å². The normalized spacial score (nSPS) is 28.4. The third-order valence-corrected chi connectivity index (χ3v) is 4.90. The Morgan fingerprint density at radius 2 is 2.10 bits per heavy atom. The molecule has 1 aliphatic heterocycles. The predicted octanol–water partition coefficient (Wildman–Crippen LogP) is 3.10. The average molecular weight is 276 g/mol. The Morgan fingerprint density at radius 1 is 1.30 bits per heavy atom. The highest BCUT2D eigenvalue weighted by Gasteiger charge is 2.34. The van der Waals surface area contributed by atoms with Gasteiger partial charge in [-0.05, 0) is 68.8 Å². The van der Waals surface area contributed by atoms with Crippen LogP contribution in [0.3, 0.4) is 0 Å². The van der Waals surface area contributed by atoms with E-state index in [4.69, 9.17) is 0 Å². The zero-order chi connectivity index (χ0) is 14.1. The third kappa shape index (κ3) is 3.21. The van der Waals surface area contributed by atoms with E-state index in [0.29, 0.717) is 12.1 Å². The van der Waals surface area contributed by atoms with E-state index in [0.717, 1.165) is 31.1 Å². The number of nitrogens with zero attached hydrogens (tertiary/aromatic N) is 1. The minimum atomic E-state index is -0.120. The van der Waals surface area contributed by atoms with E-state index in [2.05, 4.69) is 24.1 Å². The summed E-state index contributed by atoms with van der Waals surface area (Å²) < 4.78 is 13.5. The molecular weight excluding hydrogens is 251 g/mol. The van der Waals surface area contributed by atoms with Crippen LogP contribution in [-0.2, 0) is 6.54 Å². The van der Waals surface area contributed by atoms with Gasteiger partial charge in [-0.15, -0.1) is 0 Å². The molecule has 1 saturated heterocycles. The molecule has 2 atom stereocenters. The van der Waals surface area contributed by atoms with Crippen molar-refractivity contribution in [3.05, 3.63) is 35.1 Å². The molecule has 0 aromatic heterocycles. The summed E-state index contributed by atoms with van der Waals surface area (Å²) in [5, 5.41) is 3.70. The van der Waals surface area contributed by atoms with Crippen LogP contribution >= 0.6 is 0 Å². The van der Waals surface area contributed by atoms with Gasteiger partial charge in [0.2, 0.25) is 0 Å².